The van der Waals surface area contributed by atoms with Crippen LogP contribution in [0.1, 0.15) is 17.8 Å². The van der Waals surface area contributed by atoms with Gasteiger partial charge in [-0.15, -0.1) is 10.2 Å². The minimum Gasteiger partial charge on any atom is -0.374 e. The van der Waals surface area contributed by atoms with E-state index in [1.807, 2.05) is 11.8 Å². The zero-order valence-corrected chi connectivity index (χ0v) is 9.53. The summed E-state index contributed by atoms with van der Waals surface area (Å²) in [6.45, 7) is 0.806. The number of nitrogens with zero attached hydrogens (tertiary/aromatic N) is 2. The van der Waals surface area contributed by atoms with E-state index in [4.69, 9.17) is 5.73 Å². The molecule has 1 aromatic heterocycles. The van der Waals surface area contributed by atoms with Crippen molar-refractivity contribution in [1.82, 2.24) is 15.5 Å². The van der Waals surface area contributed by atoms with Crippen molar-refractivity contribution < 1.29 is 0 Å². The molecule has 0 aliphatic carbocycles. The average Bonchev–Trinajstić information content (AvgIpc) is 2.63. The molecule has 1 saturated heterocycles. The standard InChI is InChI=1S/C8H14N4S2/c9-8-12-11-7(14-8)4-10-6-2-1-3-13-5-6/h6,10H,1-5H2,(H2,9,12)/t6-/m0/s1. The van der Waals surface area contributed by atoms with Gasteiger partial charge in [0.05, 0.1) is 6.54 Å². The van der Waals surface area contributed by atoms with E-state index in [-0.39, 0.29) is 0 Å². The third-order valence-electron chi connectivity index (χ3n) is 2.18. The minimum absolute atomic E-state index is 0.555. The van der Waals surface area contributed by atoms with Crippen LogP contribution in [-0.4, -0.2) is 27.7 Å². The van der Waals surface area contributed by atoms with E-state index in [2.05, 4.69) is 15.5 Å². The van der Waals surface area contributed by atoms with Crippen LogP contribution in [0.5, 0.6) is 0 Å². The molecule has 2 heterocycles. The molecule has 0 aromatic carbocycles. The van der Waals surface area contributed by atoms with Gasteiger partial charge in [-0.1, -0.05) is 11.3 Å². The summed E-state index contributed by atoms with van der Waals surface area (Å²) in [6.07, 6.45) is 2.60. The molecule has 1 fully saturated rings. The van der Waals surface area contributed by atoms with Crippen LogP contribution in [0, 0.1) is 0 Å². The molecule has 14 heavy (non-hydrogen) atoms. The van der Waals surface area contributed by atoms with E-state index < -0.39 is 0 Å². The van der Waals surface area contributed by atoms with Gasteiger partial charge in [0.2, 0.25) is 5.13 Å². The number of hydrogen-bond acceptors (Lipinski definition) is 6. The number of thioether (sulfide) groups is 1. The van der Waals surface area contributed by atoms with Gasteiger partial charge in [0, 0.05) is 11.8 Å². The van der Waals surface area contributed by atoms with Crippen molar-refractivity contribution in [3.63, 3.8) is 0 Å². The maximum atomic E-state index is 5.50. The van der Waals surface area contributed by atoms with Crippen LogP contribution in [0.15, 0.2) is 0 Å². The van der Waals surface area contributed by atoms with E-state index in [1.54, 1.807) is 0 Å². The van der Waals surface area contributed by atoms with Crippen LogP contribution >= 0.6 is 23.1 Å². The van der Waals surface area contributed by atoms with Gasteiger partial charge in [0.15, 0.2) is 0 Å². The summed E-state index contributed by atoms with van der Waals surface area (Å²) in [5.74, 6) is 2.53. The Kier molecular flexibility index (Phi) is 3.61. The van der Waals surface area contributed by atoms with E-state index in [0.29, 0.717) is 11.2 Å². The summed E-state index contributed by atoms with van der Waals surface area (Å²) in [5, 5.41) is 12.8. The van der Waals surface area contributed by atoms with Gasteiger partial charge in [-0.3, -0.25) is 0 Å². The Morgan fingerprint density at radius 2 is 2.43 bits per heavy atom. The van der Waals surface area contributed by atoms with Gasteiger partial charge < -0.3 is 11.1 Å². The van der Waals surface area contributed by atoms with Crippen molar-refractivity contribution in [2.45, 2.75) is 25.4 Å². The second kappa shape index (κ2) is 4.95. The van der Waals surface area contributed by atoms with Crippen LogP contribution in [0.4, 0.5) is 5.13 Å². The molecule has 1 aliphatic heterocycles. The van der Waals surface area contributed by atoms with Crippen LogP contribution in [0.3, 0.4) is 0 Å². The SMILES string of the molecule is Nc1nnc(CN[C@H]2CCCSC2)s1. The fourth-order valence-electron chi connectivity index (χ4n) is 1.47. The van der Waals surface area contributed by atoms with Gasteiger partial charge in [0.1, 0.15) is 5.01 Å². The topological polar surface area (TPSA) is 63.8 Å². The van der Waals surface area contributed by atoms with Crippen molar-refractivity contribution in [2.75, 3.05) is 17.2 Å². The Morgan fingerprint density at radius 3 is 3.07 bits per heavy atom. The van der Waals surface area contributed by atoms with Crippen molar-refractivity contribution in [3.05, 3.63) is 5.01 Å². The van der Waals surface area contributed by atoms with Gasteiger partial charge in [0.25, 0.3) is 0 Å². The zero-order valence-electron chi connectivity index (χ0n) is 7.90. The molecule has 3 N–H and O–H groups in total. The Morgan fingerprint density at radius 1 is 1.50 bits per heavy atom. The number of anilines is 1. The molecular formula is C8H14N4S2. The lowest BCUT2D eigenvalue weighted by Crippen LogP contribution is -2.33. The van der Waals surface area contributed by atoms with Crippen molar-refractivity contribution >= 4 is 28.2 Å². The second-order valence-electron chi connectivity index (χ2n) is 3.33. The Labute approximate surface area is 91.7 Å². The molecule has 1 aromatic rings. The van der Waals surface area contributed by atoms with Crippen LogP contribution in [0.25, 0.3) is 0 Å². The summed E-state index contributed by atoms with van der Waals surface area (Å²) in [4.78, 5) is 0. The molecule has 0 radical (unpaired) electrons. The minimum atomic E-state index is 0.555. The number of aromatic nitrogens is 2. The molecule has 0 saturated carbocycles. The first-order chi connectivity index (χ1) is 6.84. The molecule has 4 nitrogen and oxygen atoms in total. The number of hydrogen-bond donors (Lipinski definition) is 2. The molecule has 0 spiro atoms. The summed E-state index contributed by atoms with van der Waals surface area (Å²) in [5.41, 5.74) is 5.50. The fourth-order valence-corrected chi connectivity index (χ4v) is 3.14. The highest BCUT2D eigenvalue weighted by Crippen LogP contribution is 2.18. The highest BCUT2D eigenvalue weighted by molar-refractivity contribution is 7.99. The molecule has 0 bridgehead atoms. The lowest BCUT2D eigenvalue weighted by molar-refractivity contribution is 0.506. The Hall–Kier alpha value is -0.330. The highest BCUT2D eigenvalue weighted by Gasteiger charge is 2.13. The quantitative estimate of drug-likeness (QED) is 0.814. The van der Waals surface area contributed by atoms with Crippen molar-refractivity contribution in [2.24, 2.45) is 0 Å². The normalized spacial score (nSPS) is 22.4. The van der Waals surface area contributed by atoms with Crippen LogP contribution in [0.2, 0.25) is 0 Å². The van der Waals surface area contributed by atoms with E-state index >= 15 is 0 Å². The lowest BCUT2D eigenvalue weighted by Gasteiger charge is -2.21. The first-order valence-corrected chi connectivity index (χ1v) is 6.70. The first kappa shape index (κ1) is 10.2. The summed E-state index contributed by atoms with van der Waals surface area (Å²) >= 11 is 3.49. The highest BCUT2D eigenvalue weighted by atomic mass is 32.2. The van der Waals surface area contributed by atoms with Gasteiger partial charge in [-0.2, -0.15) is 11.8 Å². The molecule has 2 rings (SSSR count). The smallest absolute Gasteiger partial charge is 0.203 e. The number of nitrogens with two attached hydrogens (primary N) is 1. The lowest BCUT2D eigenvalue weighted by atomic mass is 10.2. The van der Waals surface area contributed by atoms with Crippen molar-refractivity contribution in [1.29, 1.82) is 0 Å². The number of nitrogens with one attached hydrogen (secondary N) is 1. The zero-order chi connectivity index (χ0) is 9.80. The Bertz CT molecular complexity index is 283. The predicted molar refractivity (Wildman–Crippen MR) is 61.5 cm³/mol. The summed E-state index contributed by atoms with van der Waals surface area (Å²) < 4.78 is 0. The van der Waals surface area contributed by atoms with E-state index in [1.165, 1.54) is 35.7 Å². The molecule has 6 heteroatoms. The predicted octanol–water partition coefficient (Wildman–Crippen LogP) is 1.11. The second-order valence-corrected chi connectivity index (χ2v) is 5.57. The largest absolute Gasteiger partial charge is 0.374 e. The first-order valence-electron chi connectivity index (χ1n) is 4.73. The maximum absolute atomic E-state index is 5.50. The van der Waals surface area contributed by atoms with Crippen LogP contribution < -0.4 is 11.1 Å². The van der Waals surface area contributed by atoms with E-state index in [0.717, 1.165) is 11.6 Å². The van der Waals surface area contributed by atoms with Gasteiger partial charge >= 0.3 is 0 Å². The van der Waals surface area contributed by atoms with Gasteiger partial charge in [-0.25, -0.2) is 0 Å². The number of nitrogen functional groups attached to an aromatic ring is 1. The molecule has 78 valence electrons. The molecule has 1 aliphatic rings. The summed E-state index contributed by atoms with van der Waals surface area (Å²) in [7, 11) is 0. The Balaban J connectivity index is 1.76. The fraction of sp³-hybridized carbons (Fsp3) is 0.750. The summed E-state index contributed by atoms with van der Waals surface area (Å²) in [6, 6.07) is 0.638. The molecule has 1 atom stereocenters. The molecule has 0 amide bonds. The average molecular weight is 230 g/mol. The molecule has 0 unspecified atom stereocenters. The third kappa shape index (κ3) is 2.83. The number of rotatable bonds is 3. The third-order valence-corrected chi connectivity index (χ3v) is 4.15. The van der Waals surface area contributed by atoms with Gasteiger partial charge in [-0.05, 0) is 18.6 Å². The maximum Gasteiger partial charge on any atom is 0.203 e. The van der Waals surface area contributed by atoms with Crippen LogP contribution in [-0.2, 0) is 6.54 Å². The van der Waals surface area contributed by atoms with Crippen molar-refractivity contribution in [3.8, 4) is 0 Å². The molecular weight excluding hydrogens is 216 g/mol. The van der Waals surface area contributed by atoms with E-state index in [9.17, 15) is 0 Å². The monoisotopic (exact) mass is 230 g/mol.